The molecule has 0 radical (unpaired) electrons. The molecule has 2 rings (SSSR count). The summed E-state index contributed by atoms with van der Waals surface area (Å²) >= 11 is 0. The van der Waals surface area contributed by atoms with Gasteiger partial charge in [-0.15, -0.1) is 0 Å². The summed E-state index contributed by atoms with van der Waals surface area (Å²) in [5.41, 5.74) is 0.0748. The lowest BCUT2D eigenvalue weighted by molar-refractivity contribution is -0.00911. The average Bonchev–Trinajstić information content (AvgIpc) is 2.63. The zero-order valence-electron chi connectivity index (χ0n) is 10.4. The molecule has 1 aliphatic rings. The van der Waals surface area contributed by atoms with Gasteiger partial charge in [0.25, 0.3) is 0 Å². The molecule has 1 aromatic carbocycles. The third-order valence-corrected chi connectivity index (χ3v) is 3.07. The van der Waals surface area contributed by atoms with Crippen LogP contribution in [0.5, 0.6) is 0 Å². The van der Waals surface area contributed by atoms with Crippen molar-refractivity contribution in [2.24, 2.45) is 0 Å². The van der Waals surface area contributed by atoms with Crippen molar-refractivity contribution in [1.29, 1.82) is 0 Å². The summed E-state index contributed by atoms with van der Waals surface area (Å²) in [6.45, 7) is 4.46. The number of hydrogen-bond donors (Lipinski definition) is 1. The van der Waals surface area contributed by atoms with E-state index in [-0.39, 0.29) is 17.4 Å². The highest BCUT2D eigenvalue weighted by molar-refractivity contribution is 5.44. The van der Waals surface area contributed by atoms with E-state index >= 15 is 0 Å². The van der Waals surface area contributed by atoms with Crippen molar-refractivity contribution in [3.8, 4) is 0 Å². The van der Waals surface area contributed by atoms with Crippen molar-refractivity contribution in [1.82, 2.24) is 0 Å². The second kappa shape index (κ2) is 4.80. The third-order valence-electron chi connectivity index (χ3n) is 3.07. The van der Waals surface area contributed by atoms with E-state index in [4.69, 9.17) is 4.74 Å². The normalized spacial score (nSPS) is 22.2. The maximum atomic E-state index is 13.0. The number of nitrogens with one attached hydrogen (secondary N) is 1. The smallest absolute Gasteiger partial charge is 0.194 e. The zero-order chi connectivity index (χ0) is 13.3. The fourth-order valence-corrected chi connectivity index (χ4v) is 2.11. The molecule has 0 bridgehead atoms. The van der Waals surface area contributed by atoms with Crippen LogP contribution in [0.2, 0.25) is 0 Å². The number of ether oxygens (including phenoxy) is 1. The van der Waals surface area contributed by atoms with Crippen molar-refractivity contribution >= 4 is 5.69 Å². The number of anilines is 1. The topological polar surface area (TPSA) is 21.3 Å². The van der Waals surface area contributed by atoms with Gasteiger partial charge in [0.1, 0.15) is 0 Å². The van der Waals surface area contributed by atoms with Crippen LogP contribution < -0.4 is 5.32 Å². The molecule has 0 aromatic heterocycles. The molecule has 0 spiro atoms. The Balaban J connectivity index is 1.95. The van der Waals surface area contributed by atoms with E-state index in [1.807, 2.05) is 13.8 Å². The van der Waals surface area contributed by atoms with Gasteiger partial charge in [0.2, 0.25) is 0 Å². The monoisotopic (exact) mass is 259 g/mol. The van der Waals surface area contributed by atoms with E-state index in [1.165, 1.54) is 0 Å². The van der Waals surface area contributed by atoms with Crippen LogP contribution >= 0.6 is 0 Å². The number of benzene rings is 1. The van der Waals surface area contributed by atoms with Crippen molar-refractivity contribution < 1.29 is 17.9 Å². The Kier molecular flexibility index (Phi) is 3.52. The van der Waals surface area contributed by atoms with E-state index in [0.717, 1.165) is 25.0 Å². The first kappa shape index (κ1) is 13.2. The number of hydrogen-bond acceptors (Lipinski definition) is 2. The molecular formula is C13H16F3NO. The molecule has 1 aliphatic heterocycles. The van der Waals surface area contributed by atoms with Gasteiger partial charge in [0.05, 0.1) is 11.7 Å². The molecule has 0 aliphatic carbocycles. The third kappa shape index (κ3) is 2.96. The standard InChI is InChI=1S/C13H16F3NO/c1-13(2)4-3-9(18-13)7-17-8-5-10(14)12(16)11(15)6-8/h5-6,9,17H,3-4,7H2,1-2H3. The first-order valence-electron chi connectivity index (χ1n) is 5.94. The largest absolute Gasteiger partial charge is 0.382 e. The van der Waals surface area contributed by atoms with E-state index in [2.05, 4.69) is 5.32 Å². The summed E-state index contributed by atoms with van der Waals surface area (Å²) in [7, 11) is 0. The molecule has 18 heavy (non-hydrogen) atoms. The summed E-state index contributed by atoms with van der Waals surface area (Å²) in [5.74, 6) is -3.82. The average molecular weight is 259 g/mol. The number of halogens is 3. The molecule has 1 atom stereocenters. The van der Waals surface area contributed by atoms with Gasteiger partial charge >= 0.3 is 0 Å². The Morgan fingerprint density at radius 3 is 2.39 bits per heavy atom. The van der Waals surface area contributed by atoms with Gasteiger partial charge in [0.15, 0.2) is 17.5 Å². The predicted molar refractivity (Wildman–Crippen MR) is 63.0 cm³/mol. The van der Waals surface area contributed by atoms with Gasteiger partial charge in [-0.3, -0.25) is 0 Å². The van der Waals surface area contributed by atoms with Crippen molar-refractivity contribution in [3.63, 3.8) is 0 Å². The molecule has 1 fully saturated rings. The Morgan fingerprint density at radius 2 is 1.89 bits per heavy atom. The summed E-state index contributed by atoms with van der Waals surface area (Å²) in [5, 5.41) is 2.86. The van der Waals surface area contributed by atoms with Crippen LogP contribution in [-0.2, 0) is 4.74 Å². The van der Waals surface area contributed by atoms with Crippen LogP contribution in [-0.4, -0.2) is 18.2 Å². The molecule has 2 nitrogen and oxygen atoms in total. The molecule has 0 amide bonds. The predicted octanol–water partition coefficient (Wildman–Crippen LogP) is 3.47. The minimum atomic E-state index is -1.45. The minimum Gasteiger partial charge on any atom is -0.382 e. The van der Waals surface area contributed by atoms with Crippen LogP contribution in [0.25, 0.3) is 0 Å². The van der Waals surface area contributed by atoms with Gasteiger partial charge in [-0.05, 0) is 26.7 Å². The second-order valence-corrected chi connectivity index (χ2v) is 5.17. The first-order chi connectivity index (χ1) is 8.37. The molecule has 1 aromatic rings. The molecular weight excluding hydrogens is 243 g/mol. The lowest BCUT2D eigenvalue weighted by Crippen LogP contribution is -2.24. The quantitative estimate of drug-likeness (QED) is 0.839. The first-order valence-corrected chi connectivity index (χ1v) is 5.94. The molecule has 1 saturated heterocycles. The molecule has 1 N–H and O–H groups in total. The fraction of sp³-hybridized carbons (Fsp3) is 0.538. The van der Waals surface area contributed by atoms with E-state index in [1.54, 1.807) is 0 Å². The summed E-state index contributed by atoms with van der Waals surface area (Å²) in [6.07, 6.45) is 1.86. The highest BCUT2D eigenvalue weighted by Crippen LogP contribution is 2.29. The highest BCUT2D eigenvalue weighted by Gasteiger charge is 2.31. The lowest BCUT2D eigenvalue weighted by atomic mass is 10.1. The SMILES string of the molecule is CC1(C)CCC(CNc2cc(F)c(F)c(F)c2)O1. The lowest BCUT2D eigenvalue weighted by Gasteiger charge is -2.19. The van der Waals surface area contributed by atoms with Gasteiger partial charge in [-0.25, -0.2) is 13.2 Å². The van der Waals surface area contributed by atoms with Gasteiger partial charge < -0.3 is 10.1 Å². The molecule has 100 valence electrons. The Bertz CT molecular complexity index is 425. The van der Waals surface area contributed by atoms with Gasteiger partial charge in [-0.2, -0.15) is 0 Å². The fourth-order valence-electron chi connectivity index (χ4n) is 2.11. The van der Waals surface area contributed by atoms with E-state index < -0.39 is 17.5 Å². The van der Waals surface area contributed by atoms with Crippen LogP contribution in [0.4, 0.5) is 18.9 Å². The van der Waals surface area contributed by atoms with Crippen molar-refractivity contribution in [2.75, 3.05) is 11.9 Å². The van der Waals surface area contributed by atoms with Gasteiger partial charge in [-0.1, -0.05) is 0 Å². The van der Waals surface area contributed by atoms with Crippen LogP contribution in [0.1, 0.15) is 26.7 Å². The molecule has 0 saturated carbocycles. The van der Waals surface area contributed by atoms with E-state index in [9.17, 15) is 13.2 Å². The summed E-state index contributed by atoms with van der Waals surface area (Å²) in [6, 6.07) is 1.89. The van der Waals surface area contributed by atoms with Crippen LogP contribution in [0, 0.1) is 17.5 Å². The minimum absolute atomic E-state index is 0.0103. The molecule has 1 unspecified atom stereocenters. The zero-order valence-corrected chi connectivity index (χ0v) is 10.4. The Labute approximate surface area is 104 Å². The van der Waals surface area contributed by atoms with Crippen molar-refractivity contribution in [2.45, 2.75) is 38.4 Å². The maximum Gasteiger partial charge on any atom is 0.194 e. The van der Waals surface area contributed by atoms with Crippen molar-refractivity contribution in [3.05, 3.63) is 29.6 Å². The molecule has 1 heterocycles. The van der Waals surface area contributed by atoms with Crippen LogP contribution in [0.15, 0.2) is 12.1 Å². The summed E-state index contributed by atoms with van der Waals surface area (Å²) in [4.78, 5) is 0. The Hall–Kier alpha value is -1.23. The van der Waals surface area contributed by atoms with Crippen LogP contribution in [0.3, 0.4) is 0 Å². The Morgan fingerprint density at radius 1 is 1.28 bits per heavy atom. The highest BCUT2D eigenvalue weighted by atomic mass is 19.2. The second-order valence-electron chi connectivity index (χ2n) is 5.17. The molecule has 5 heteroatoms. The maximum absolute atomic E-state index is 13.0. The summed E-state index contributed by atoms with van der Waals surface area (Å²) < 4.78 is 44.4. The number of rotatable bonds is 3. The van der Waals surface area contributed by atoms with Gasteiger partial charge in [0, 0.05) is 24.4 Å². The van der Waals surface area contributed by atoms with E-state index in [0.29, 0.717) is 6.54 Å².